The minimum atomic E-state index is -1.12. The van der Waals surface area contributed by atoms with Crippen molar-refractivity contribution in [3.05, 3.63) is 41.3 Å². The highest BCUT2D eigenvalue weighted by molar-refractivity contribution is 5.84. The van der Waals surface area contributed by atoms with Crippen molar-refractivity contribution in [1.82, 2.24) is 24.6 Å². The first-order valence-electron chi connectivity index (χ1n) is 6.95. The van der Waals surface area contributed by atoms with Crippen molar-refractivity contribution >= 4 is 11.5 Å². The number of hydrogen-bond donors (Lipinski definition) is 2. The van der Waals surface area contributed by atoms with Crippen molar-refractivity contribution in [1.29, 1.82) is 0 Å². The number of fused-ring (bicyclic) bond motifs is 1. The molecule has 22 heavy (non-hydrogen) atoms. The molecule has 0 saturated heterocycles. The molecule has 0 unspecified atom stereocenters. The molecule has 2 N–H and O–H groups in total. The van der Waals surface area contributed by atoms with Crippen LogP contribution >= 0.6 is 0 Å². The summed E-state index contributed by atoms with van der Waals surface area (Å²) in [6, 6.07) is 5.63. The molecule has 1 fully saturated rings. The van der Waals surface area contributed by atoms with Gasteiger partial charge in [-0.1, -0.05) is 5.21 Å². The van der Waals surface area contributed by atoms with Crippen molar-refractivity contribution in [2.75, 3.05) is 0 Å². The number of rotatable bonds is 4. The lowest BCUT2D eigenvalue weighted by molar-refractivity contribution is 0.0690. The second kappa shape index (κ2) is 4.55. The van der Waals surface area contributed by atoms with Crippen LogP contribution < -0.4 is 0 Å². The van der Waals surface area contributed by atoms with E-state index in [4.69, 9.17) is 5.11 Å². The molecule has 0 amide bonds. The van der Waals surface area contributed by atoms with Gasteiger partial charge in [0.25, 0.3) is 0 Å². The first-order chi connectivity index (χ1) is 10.6. The van der Waals surface area contributed by atoms with Crippen molar-refractivity contribution in [2.24, 2.45) is 0 Å². The highest BCUT2D eigenvalue weighted by atomic mass is 16.4. The Hall–Kier alpha value is -2.90. The Labute approximate surface area is 124 Å². The molecule has 3 aromatic heterocycles. The van der Waals surface area contributed by atoms with Gasteiger partial charge in [0.15, 0.2) is 5.69 Å². The monoisotopic (exact) mass is 299 g/mol. The average molecular weight is 299 g/mol. The highest BCUT2D eigenvalue weighted by Gasteiger charge is 2.25. The fraction of sp³-hybridized carbons (Fsp3) is 0.286. The second-order valence-corrected chi connectivity index (χ2v) is 5.50. The predicted molar refractivity (Wildman–Crippen MR) is 74.9 cm³/mol. The van der Waals surface area contributed by atoms with Gasteiger partial charge in [0.05, 0.1) is 24.0 Å². The van der Waals surface area contributed by atoms with Crippen LogP contribution in [0.1, 0.15) is 40.5 Å². The Balaban J connectivity index is 1.66. The standard InChI is InChI=1S/C14H13N5O3/c20-13-4-9(8-1-2-8)3-11-5-10(16-19(11)13)6-18-7-12(14(21)22)15-17-18/h3-5,7-8,20H,1-2,6H2,(H,21,22). The van der Waals surface area contributed by atoms with Crippen LogP contribution in [0.5, 0.6) is 5.88 Å². The lowest BCUT2D eigenvalue weighted by Gasteiger charge is -2.01. The molecule has 0 atom stereocenters. The van der Waals surface area contributed by atoms with Crippen LogP contribution in [0.3, 0.4) is 0 Å². The molecule has 0 bridgehead atoms. The SMILES string of the molecule is O=C(O)c1cn(Cc2cc3cc(C4CC4)cc(O)n3n2)nn1. The third kappa shape index (κ3) is 2.18. The summed E-state index contributed by atoms with van der Waals surface area (Å²) in [7, 11) is 0. The van der Waals surface area contributed by atoms with Gasteiger partial charge in [-0.3, -0.25) is 0 Å². The molecule has 1 aliphatic carbocycles. The summed E-state index contributed by atoms with van der Waals surface area (Å²) in [5, 5.41) is 30.5. The lowest BCUT2D eigenvalue weighted by atomic mass is 10.1. The fourth-order valence-electron chi connectivity index (χ4n) is 2.53. The van der Waals surface area contributed by atoms with E-state index in [2.05, 4.69) is 15.4 Å². The molecule has 0 aromatic carbocycles. The number of aromatic carboxylic acids is 1. The molecule has 0 spiro atoms. The Bertz CT molecular complexity index is 878. The van der Waals surface area contributed by atoms with Gasteiger partial charge in [0.2, 0.25) is 5.88 Å². The second-order valence-electron chi connectivity index (χ2n) is 5.50. The molecule has 0 aliphatic heterocycles. The minimum absolute atomic E-state index is 0.107. The number of pyridine rings is 1. The molecule has 1 saturated carbocycles. The number of carboxylic acid groups (broad SMARTS) is 1. The van der Waals surface area contributed by atoms with Gasteiger partial charge >= 0.3 is 5.97 Å². The molecule has 0 radical (unpaired) electrons. The van der Waals surface area contributed by atoms with E-state index in [0.29, 0.717) is 18.2 Å². The smallest absolute Gasteiger partial charge is 0.358 e. The molecule has 3 heterocycles. The number of aromatic nitrogens is 5. The van der Waals surface area contributed by atoms with Crippen LogP contribution in [0, 0.1) is 0 Å². The Morgan fingerprint density at radius 2 is 2.14 bits per heavy atom. The normalized spacial score (nSPS) is 14.5. The van der Waals surface area contributed by atoms with Crippen molar-refractivity contribution in [3.8, 4) is 5.88 Å². The minimum Gasteiger partial charge on any atom is -0.493 e. The molecule has 8 heteroatoms. The summed E-state index contributed by atoms with van der Waals surface area (Å²) in [4.78, 5) is 10.8. The molecular formula is C14H13N5O3. The van der Waals surface area contributed by atoms with Crippen molar-refractivity contribution in [3.63, 3.8) is 0 Å². The van der Waals surface area contributed by atoms with Crippen LogP contribution in [-0.2, 0) is 6.54 Å². The van der Waals surface area contributed by atoms with Gasteiger partial charge in [-0.05, 0) is 36.5 Å². The Morgan fingerprint density at radius 1 is 1.32 bits per heavy atom. The van der Waals surface area contributed by atoms with Gasteiger partial charge < -0.3 is 10.2 Å². The lowest BCUT2D eigenvalue weighted by Crippen LogP contribution is -2.01. The number of carboxylic acids is 1. The van der Waals surface area contributed by atoms with Crippen LogP contribution in [-0.4, -0.2) is 40.8 Å². The van der Waals surface area contributed by atoms with Crippen molar-refractivity contribution in [2.45, 2.75) is 25.3 Å². The molecule has 1 aliphatic rings. The van der Waals surface area contributed by atoms with Crippen molar-refractivity contribution < 1.29 is 15.0 Å². The van der Waals surface area contributed by atoms with E-state index in [1.807, 2.05) is 12.1 Å². The maximum absolute atomic E-state index is 10.8. The van der Waals surface area contributed by atoms with Crippen LogP contribution in [0.2, 0.25) is 0 Å². The van der Waals surface area contributed by atoms with E-state index in [0.717, 1.165) is 23.9 Å². The van der Waals surface area contributed by atoms with E-state index in [9.17, 15) is 9.90 Å². The average Bonchev–Trinajstić information content (AvgIpc) is 3.08. The topological polar surface area (TPSA) is 106 Å². The Morgan fingerprint density at radius 3 is 2.82 bits per heavy atom. The summed E-state index contributed by atoms with van der Waals surface area (Å²) in [5.41, 5.74) is 2.51. The maximum atomic E-state index is 10.8. The van der Waals surface area contributed by atoms with Gasteiger partial charge in [-0.2, -0.15) is 5.10 Å². The highest BCUT2D eigenvalue weighted by Crippen LogP contribution is 2.41. The summed E-state index contributed by atoms with van der Waals surface area (Å²) >= 11 is 0. The first-order valence-corrected chi connectivity index (χ1v) is 6.95. The summed E-state index contributed by atoms with van der Waals surface area (Å²) in [6.45, 7) is 0.292. The molecular weight excluding hydrogens is 286 g/mol. The molecule has 8 nitrogen and oxygen atoms in total. The summed E-state index contributed by atoms with van der Waals surface area (Å²) in [5.74, 6) is -0.467. The van der Waals surface area contributed by atoms with Gasteiger partial charge in [0, 0.05) is 6.07 Å². The van der Waals surface area contributed by atoms with E-state index >= 15 is 0 Å². The molecule has 3 aromatic rings. The third-order valence-corrected chi connectivity index (χ3v) is 3.75. The largest absolute Gasteiger partial charge is 0.493 e. The zero-order valence-corrected chi connectivity index (χ0v) is 11.5. The van der Waals surface area contributed by atoms with Crippen LogP contribution in [0.4, 0.5) is 0 Å². The quantitative estimate of drug-likeness (QED) is 0.751. The van der Waals surface area contributed by atoms with Crippen LogP contribution in [0.15, 0.2) is 24.4 Å². The first kappa shape index (κ1) is 12.8. The summed E-state index contributed by atoms with van der Waals surface area (Å²) < 4.78 is 2.88. The fourth-order valence-corrected chi connectivity index (χ4v) is 2.53. The van der Waals surface area contributed by atoms with E-state index < -0.39 is 5.97 Å². The van der Waals surface area contributed by atoms with Gasteiger partial charge in [-0.25, -0.2) is 14.0 Å². The summed E-state index contributed by atoms with van der Waals surface area (Å²) in [6.07, 6.45) is 3.67. The number of carbonyl (C=O) groups is 1. The molecule has 4 rings (SSSR count). The van der Waals surface area contributed by atoms with Gasteiger partial charge in [-0.15, -0.1) is 5.10 Å². The van der Waals surface area contributed by atoms with E-state index in [1.165, 1.54) is 15.4 Å². The van der Waals surface area contributed by atoms with E-state index in [-0.39, 0.29) is 11.6 Å². The Kier molecular flexibility index (Phi) is 2.65. The number of hydrogen-bond acceptors (Lipinski definition) is 5. The zero-order chi connectivity index (χ0) is 15.3. The third-order valence-electron chi connectivity index (χ3n) is 3.75. The predicted octanol–water partition coefficient (Wildman–Crippen LogP) is 1.26. The van der Waals surface area contributed by atoms with E-state index in [1.54, 1.807) is 6.07 Å². The number of aromatic hydroxyl groups is 1. The molecule has 112 valence electrons. The van der Waals surface area contributed by atoms with Gasteiger partial charge in [0.1, 0.15) is 0 Å². The van der Waals surface area contributed by atoms with Crippen LogP contribution in [0.25, 0.3) is 5.52 Å². The maximum Gasteiger partial charge on any atom is 0.358 e. The zero-order valence-electron chi connectivity index (χ0n) is 11.5. The number of nitrogens with zero attached hydrogens (tertiary/aromatic N) is 5.